The van der Waals surface area contributed by atoms with Gasteiger partial charge in [-0.25, -0.2) is 0 Å². The Labute approximate surface area is 213 Å². The third-order valence-corrected chi connectivity index (χ3v) is 7.05. The van der Waals surface area contributed by atoms with E-state index in [4.69, 9.17) is 23.2 Å². The molecule has 2 N–H and O–H groups in total. The van der Waals surface area contributed by atoms with E-state index in [1.165, 1.54) is 17.8 Å². The Hall–Kier alpha value is -2.55. The number of rotatable bonds is 9. The molecular formula is C24H27Cl2N5O2S. The smallest absolute Gasteiger partial charge is 0.251 e. The lowest BCUT2D eigenvalue weighted by molar-refractivity contribution is -0.119. The maximum atomic E-state index is 12.8. The van der Waals surface area contributed by atoms with Crippen LogP contribution in [0.15, 0.2) is 53.7 Å². The predicted octanol–water partition coefficient (Wildman–Crippen LogP) is 5.22. The molecule has 0 saturated carbocycles. The molecule has 0 fully saturated rings. The molecule has 0 bridgehead atoms. The summed E-state index contributed by atoms with van der Waals surface area (Å²) in [6, 6.07) is 14.0. The zero-order valence-corrected chi connectivity index (χ0v) is 21.7. The number of amides is 2. The van der Waals surface area contributed by atoms with E-state index in [1.807, 2.05) is 58.2 Å². The van der Waals surface area contributed by atoms with Gasteiger partial charge in [0.25, 0.3) is 5.91 Å². The van der Waals surface area contributed by atoms with Crippen LogP contribution in [0.4, 0.5) is 0 Å². The maximum Gasteiger partial charge on any atom is 0.251 e. The van der Waals surface area contributed by atoms with Gasteiger partial charge in [-0.15, -0.1) is 10.2 Å². The van der Waals surface area contributed by atoms with E-state index in [9.17, 15) is 9.59 Å². The molecule has 34 heavy (non-hydrogen) atoms. The minimum atomic E-state index is -0.388. The van der Waals surface area contributed by atoms with Crippen molar-refractivity contribution < 1.29 is 9.59 Å². The summed E-state index contributed by atoms with van der Waals surface area (Å²) in [5, 5.41) is 15.8. The summed E-state index contributed by atoms with van der Waals surface area (Å²) in [7, 11) is 1.82. The highest BCUT2D eigenvalue weighted by Crippen LogP contribution is 2.26. The van der Waals surface area contributed by atoms with Crippen molar-refractivity contribution in [3.8, 4) is 0 Å². The van der Waals surface area contributed by atoms with Crippen LogP contribution in [-0.4, -0.2) is 32.3 Å². The fourth-order valence-electron chi connectivity index (χ4n) is 3.35. The Morgan fingerprint density at radius 3 is 2.35 bits per heavy atom. The largest absolute Gasteiger partial charge is 0.349 e. The predicted molar refractivity (Wildman–Crippen MR) is 136 cm³/mol. The summed E-state index contributed by atoms with van der Waals surface area (Å²) in [6.07, 6.45) is 0. The molecule has 0 saturated heterocycles. The lowest BCUT2D eigenvalue weighted by Gasteiger charge is -2.22. The third kappa shape index (κ3) is 6.52. The molecule has 1 aromatic heterocycles. The number of nitrogens with one attached hydrogen (secondary N) is 2. The maximum absolute atomic E-state index is 12.8. The molecule has 3 aromatic rings. The summed E-state index contributed by atoms with van der Waals surface area (Å²) < 4.78 is 1.80. The molecule has 7 nitrogen and oxygen atoms in total. The highest BCUT2D eigenvalue weighted by molar-refractivity contribution is 7.99. The van der Waals surface area contributed by atoms with E-state index in [0.29, 0.717) is 26.6 Å². The fourth-order valence-corrected chi connectivity index (χ4v) is 4.38. The van der Waals surface area contributed by atoms with Crippen LogP contribution in [0.5, 0.6) is 0 Å². The van der Waals surface area contributed by atoms with Gasteiger partial charge in [0.1, 0.15) is 0 Å². The molecular weight excluding hydrogens is 493 g/mol. The second-order valence-corrected chi connectivity index (χ2v) is 9.97. The Kier molecular flexibility index (Phi) is 8.99. The molecule has 2 amide bonds. The second kappa shape index (κ2) is 11.7. The minimum Gasteiger partial charge on any atom is -0.349 e. The lowest BCUT2D eigenvalue weighted by Crippen LogP contribution is -2.33. The van der Waals surface area contributed by atoms with Crippen molar-refractivity contribution in [2.24, 2.45) is 13.0 Å². The minimum absolute atomic E-state index is 0.0440. The van der Waals surface area contributed by atoms with Crippen LogP contribution >= 0.6 is 35.0 Å². The third-order valence-electron chi connectivity index (χ3n) is 5.29. The van der Waals surface area contributed by atoms with Crippen molar-refractivity contribution in [1.82, 2.24) is 25.4 Å². The van der Waals surface area contributed by atoms with Gasteiger partial charge in [0.2, 0.25) is 5.91 Å². The van der Waals surface area contributed by atoms with E-state index in [0.717, 1.165) is 5.56 Å². The van der Waals surface area contributed by atoms with Crippen molar-refractivity contribution in [2.75, 3.05) is 5.75 Å². The number of thioether (sulfide) groups is 1. The number of hydrogen-bond donors (Lipinski definition) is 2. The number of carbonyl (C=O) groups excluding carboxylic acids is 2. The van der Waals surface area contributed by atoms with Crippen molar-refractivity contribution >= 4 is 46.8 Å². The SMILES string of the molecule is CC(C)[C@@H](NC(=O)c1ccc(Cl)c(Cl)c1)c1nnc(SCC(=O)N[C@@H](C)c2ccccc2)n1C. The van der Waals surface area contributed by atoms with Crippen LogP contribution in [-0.2, 0) is 11.8 Å². The topological polar surface area (TPSA) is 88.9 Å². The highest BCUT2D eigenvalue weighted by Gasteiger charge is 2.25. The van der Waals surface area contributed by atoms with Gasteiger partial charge in [0.15, 0.2) is 11.0 Å². The van der Waals surface area contributed by atoms with Crippen LogP contribution in [0.3, 0.4) is 0 Å². The Balaban J connectivity index is 1.65. The van der Waals surface area contributed by atoms with E-state index in [1.54, 1.807) is 16.7 Å². The molecule has 0 spiro atoms. The first kappa shape index (κ1) is 26.1. The van der Waals surface area contributed by atoms with Gasteiger partial charge in [-0.05, 0) is 36.6 Å². The van der Waals surface area contributed by atoms with Crippen molar-refractivity contribution in [3.05, 3.63) is 75.5 Å². The number of carbonyl (C=O) groups is 2. The fraction of sp³-hybridized carbons (Fsp3) is 0.333. The van der Waals surface area contributed by atoms with Gasteiger partial charge in [0, 0.05) is 12.6 Å². The molecule has 3 rings (SSSR count). The zero-order chi connectivity index (χ0) is 24.8. The zero-order valence-electron chi connectivity index (χ0n) is 19.4. The molecule has 2 atom stereocenters. The molecule has 0 aliphatic rings. The molecule has 10 heteroatoms. The number of aromatic nitrogens is 3. The van der Waals surface area contributed by atoms with Gasteiger partial charge < -0.3 is 15.2 Å². The van der Waals surface area contributed by atoms with E-state index in [2.05, 4.69) is 20.8 Å². The average molecular weight is 520 g/mol. The summed E-state index contributed by atoms with van der Waals surface area (Å²) in [5.74, 6) is 0.458. The van der Waals surface area contributed by atoms with Crippen LogP contribution in [0, 0.1) is 5.92 Å². The molecule has 0 radical (unpaired) electrons. The first-order valence-electron chi connectivity index (χ1n) is 10.8. The molecule has 2 aromatic carbocycles. The summed E-state index contributed by atoms with van der Waals surface area (Å²) >= 11 is 13.3. The number of benzene rings is 2. The van der Waals surface area contributed by atoms with Crippen molar-refractivity contribution in [2.45, 2.75) is 38.0 Å². The number of halogens is 2. The molecule has 180 valence electrons. The Morgan fingerprint density at radius 1 is 1.00 bits per heavy atom. The monoisotopic (exact) mass is 519 g/mol. The second-order valence-electron chi connectivity index (χ2n) is 8.21. The first-order valence-corrected chi connectivity index (χ1v) is 12.5. The quantitative estimate of drug-likeness (QED) is 0.378. The molecule has 1 heterocycles. The van der Waals surface area contributed by atoms with Gasteiger partial charge >= 0.3 is 0 Å². The Morgan fingerprint density at radius 2 is 1.71 bits per heavy atom. The molecule has 0 aliphatic carbocycles. The van der Waals surface area contributed by atoms with Crippen LogP contribution in [0.25, 0.3) is 0 Å². The van der Waals surface area contributed by atoms with E-state index in [-0.39, 0.29) is 35.6 Å². The first-order chi connectivity index (χ1) is 16.2. The normalized spacial score (nSPS) is 12.9. The van der Waals surface area contributed by atoms with Crippen LogP contribution in [0.2, 0.25) is 10.0 Å². The number of hydrogen-bond acceptors (Lipinski definition) is 5. The van der Waals surface area contributed by atoms with Gasteiger partial charge in [0.05, 0.1) is 27.9 Å². The van der Waals surface area contributed by atoms with Gasteiger partial charge in [-0.3, -0.25) is 9.59 Å². The molecule has 0 unspecified atom stereocenters. The van der Waals surface area contributed by atoms with Crippen molar-refractivity contribution in [3.63, 3.8) is 0 Å². The van der Waals surface area contributed by atoms with E-state index >= 15 is 0 Å². The Bertz CT molecular complexity index is 1150. The summed E-state index contributed by atoms with van der Waals surface area (Å²) in [6.45, 7) is 5.92. The standard InChI is InChI=1S/C24H27Cl2N5O2S/c1-14(2)21(28-23(33)17-10-11-18(25)19(26)12-17)22-29-30-24(31(22)4)34-13-20(32)27-15(3)16-8-6-5-7-9-16/h5-12,14-15,21H,13H2,1-4H3,(H,27,32)(H,28,33)/t15-,21+/m0/s1. The van der Waals surface area contributed by atoms with Crippen molar-refractivity contribution in [1.29, 1.82) is 0 Å². The van der Waals surface area contributed by atoms with Crippen LogP contribution in [0.1, 0.15) is 54.6 Å². The van der Waals surface area contributed by atoms with Crippen LogP contribution < -0.4 is 10.6 Å². The lowest BCUT2D eigenvalue weighted by atomic mass is 10.0. The van der Waals surface area contributed by atoms with E-state index < -0.39 is 0 Å². The summed E-state index contributed by atoms with van der Waals surface area (Å²) in [5.41, 5.74) is 1.44. The number of nitrogens with zero attached hydrogens (tertiary/aromatic N) is 3. The summed E-state index contributed by atoms with van der Waals surface area (Å²) in [4.78, 5) is 25.3. The highest BCUT2D eigenvalue weighted by atomic mass is 35.5. The average Bonchev–Trinajstić information content (AvgIpc) is 3.17. The van der Waals surface area contributed by atoms with Gasteiger partial charge in [-0.1, -0.05) is 79.1 Å². The van der Waals surface area contributed by atoms with Gasteiger partial charge in [-0.2, -0.15) is 0 Å². The molecule has 0 aliphatic heterocycles.